The molecule has 3 aromatic rings. The van der Waals surface area contributed by atoms with Crippen LogP contribution in [0.4, 0.5) is 4.39 Å². The van der Waals surface area contributed by atoms with E-state index < -0.39 is 5.82 Å². The molecule has 3 aromatic carbocycles. The highest BCUT2D eigenvalue weighted by atomic mass is 35.5. The second kappa shape index (κ2) is 8.33. The van der Waals surface area contributed by atoms with Gasteiger partial charge in [0.25, 0.3) is 0 Å². The van der Waals surface area contributed by atoms with Crippen LogP contribution >= 0.6 is 11.6 Å². The van der Waals surface area contributed by atoms with E-state index in [9.17, 15) is 9.65 Å². The summed E-state index contributed by atoms with van der Waals surface area (Å²) in [7, 11) is 0. The first-order valence-corrected chi connectivity index (χ1v) is 8.37. The Balaban J connectivity index is 1.71. The van der Waals surface area contributed by atoms with Crippen LogP contribution in [0, 0.1) is 17.1 Å². The van der Waals surface area contributed by atoms with Crippen molar-refractivity contribution >= 4 is 23.3 Å². The predicted molar refractivity (Wildman–Crippen MR) is 102 cm³/mol. The van der Waals surface area contributed by atoms with Gasteiger partial charge >= 0.3 is 0 Å². The number of allylic oxidation sites excluding steroid dienone is 1. The van der Waals surface area contributed by atoms with Gasteiger partial charge in [-0.25, -0.2) is 4.39 Å². The molecule has 0 aliphatic rings. The van der Waals surface area contributed by atoms with Crippen molar-refractivity contribution in [2.45, 2.75) is 6.61 Å². The fourth-order valence-electron chi connectivity index (χ4n) is 2.42. The van der Waals surface area contributed by atoms with Gasteiger partial charge in [-0.1, -0.05) is 54.1 Å². The SMILES string of the molecule is N#C/C(=C/c1ccc(OCc2ccc(Cl)cc2)cc1)c1ccccc1F. The lowest BCUT2D eigenvalue weighted by Gasteiger charge is -2.07. The fourth-order valence-corrected chi connectivity index (χ4v) is 2.55. The zero-order chi connectivity index (χ0) is 18.4. The van der Waals surface area contributed by atoms with Crippen molar-refractivity contribution in [2.24, 2.45) is 0 Å². The van der Waals surface area contributed by atoms with E-state index in [1.54, 1.807) is 24.3 Å². The summed E-state index contributed by atoms with van der Waals surface area (Å²) in [6, 6.07) is 23.0. The highest BCUT2D eigenvalue weighted by Crippen LogP contribution is 2.22. The quantitative estimate of drug-likeness (QED) is 0.404. The minimum Gasteiger partial charge on any atom is -0.489 e. The smallest absolute Gasteiger partial charge is 0.131 e. The minimum absolute atomic E-state index is 0.276. The van der Waals surface area contributed by atoms with Crippen molar-refractivity contribution in [1.82, 2.24) is 0 Å². The van der Waals surface area contributed by atoms with Gasteiger partial charge in [-0.2, -0.15) is 5.26 Å². The number of benzene rings is 3. The summed E-state index contributed by atoms with van der Waals surface area (Å²) in [5.74, 6) is 0.296. The number of halogens is 2. The first-order valence-electron chi connectivity index (χ1n) is 8.00. The first-order chi connectivity index (χ1) is 12.7. The predicted octanol–water partition coefficient (Wildman–Crippen LogP) is 6.12. The lowest BCUT2D eigenvalue weighted by Crippen LogP contribution is -1.95. The van der Waals surface area contributed by atoms with Gasteiger partial charge in [-0.15, -0.1) is 0 Å². The van der Waals surface area contributed by atoms with Crippen molar-refractivity contribution < 1.29 is 9.13 Å². The normalized spacial score (nSPS) is 11.0. The Bertz CT molecular complexity index is 957. The van der Waals surface area contributed by atoms with Gasteiger partial charge < -0.3 is 4.74 Å². The third-order valence-electron chi connectivity index (χ3n) is 3.79. The number of rotatable bonds is 5. The van der Waals surface area contributed by atoms with Gasteiger partial charge in [-0.3, -0.25) is 0 Å². The van der Waals surface area contributed by atoms with E-state index in [1.807, 2.05) is 48.5 Å². The van der Waals surface area contributed by atoms with Crippen molar-refractivity contribution in [1.29, 1.82) is 5.26 Å². The van der Waals surface area contributed by atoms with Crippen molar-refractivity contribution in [2.75, 3.05) is 0 Å². The van der Waals surface area contributed by atoms with E-state index in [0.717, 1.165) is 11.1 Å². The highest BCUT2D eigenvalue weighted by Gasteiger charge is 2.06. The Morgan fingerprint density at radius 1 is 1.00 bits per heavy atom. The first kappa shape index (κ1) is 17.7. The zero-order valence-electron chi connectivity index (χ0n) is 13.8. The monoisotopic (exact) mass is 363 g/mol. The molecule has 0 radical (unpaired) electrons. The van der Waals surface area contributed by atoms with Crippen molar-refractivity contribution in [3.05, 3.63) is 100 Å². The van der Waals surface area contributed by atoms with Crippen LogP contribution in [0.2, 0.25) is 5.02 Å². The van der Waals surface area contributed by atoms with Gasteiger partial charge in [-0.05, 0) is 47.5 Å². The third kappa shape index (κ3) is 4.50. The molecule has 0 spiro atoms. The maximum absolute atomic E-state index is 13.9. The zero-order valence-corrected chi connectivity index (χ0v) is 14.6. The van der Waals surface area contributed by atoms with Crippen LogP contribution < -0.4 is 4.74 Å². The van der Waals surface area contributed by atoms with Gasteiger partial charge in [0.15, 0.2) is 0 Å². The molecule has 0 N–H and O–H groups in total. The number of nitriles is 1. The number of hydrogen-bond acceptors (Lipinski definition) is 2. The molecule has 4 heteroatoms. The van der Waals surface area contributed by atoms with Crippen LogP contribution in [0.15, 0.2) is 72.8 Å². The standard InChI is InChI=1S/C22H15ClFNO/c23-19-9-5-17(6-10-19)15-26-20-11-7-16(8-12-20)13-18(14-25)21-3-1-2-4-22(21)24/h1-13H,15H2/b18-13-. The Morgan fingerprint density at radius 2 is 1.69 bits per heavy atom. The Morgan fingerprint density at radius 3 is 2.35 bits per heavy atom. The second-order valence-corrected chi connectivity index (χ2v) is 6.07. The Hall–Kier alpha value is -3.09. The Kier molecular flexibility index (Phi) is 5.68. The van der Waals surface area contributed by atoms with Gasteiger partial charge in [0.1, 0.15) is 18.2 Å². The lowest BCUT2D eigenvalue weighted by molar-refractivity contribution is 0.306. The summed E-state index contributed by atoms with van der Waals surface area (Å²) >= 11 is 5.86. The van der Waals surface area contributed by atoms with Gasteiger partial charge in [0.05, 0.1) is 11.6 Å². The van der Waals surface area contributed by atoms with E-state index in [1.165, 1.54) is 6.07 Å². The van der Waals surface area contributed by atoms with Crippen LogP contribution in [-0.2, 0) is 6.61 Å². The fraction of sp³-hybridized carbons (Fsp3) is 0.0455. The second-order valence-electron chi connectivity index (χ2n) is 5.63. The van der Waals surface area contributed by atoms with E-state index in [2.05, 4.69) is 6.07 Å². The highest BCUT2D eigenvalue weighted by molar-refractivity contribution is 6.30. The molecule has 2 nitrogen and oxygen atoms in total. The maximum Gasteiger partial charge on any atom is 0.131 e. The molecular weight excluding hydrogens is 349 g/mol. The molecule has 0 atom stereocenters. The van der Waals surface area contributed by atoms with E-state index >= 15 is 0 Å². The number of ether oxygens (including phenoxy) is 1. The summed E-state index contributed by atoms with van der Waals surface area (Å²) in [5, 5.41) is 10.0. The third-order valence-corrected chi connectivity index (χ3v) is 4.05. The van der Waals surface area contributed by atoms with Crippen LogP contribution in [-0.4, -0.2) is 0 Å². The summed E-state index contributed by atoms with van der Waals surface area (Å²) in [6.45, 7) is 0.436. The average Bonchev–Trinajstić information content (AvgIpc) is 2.67. The number of hydrogen-bond donors (Lipinski definition) is 0. The summed E-state index contributed by atoms with van der Waals surface area (Å²) in [6.07, 6.45) is 1.65. The lowest BCUT2D eigenvalue weighted by atomic mass is 10.0. The maximum atomic E-state index is 13.9. The van der Waals surface area contributed by atoms with E-state index in [0.29, 0.717) is 17.4 Å². The molecule has 0 aromatic heterocycles. The average molecular weight is 364 g/mol. The summed E-state index contributed by atoms with van der Waals surface area (Å²) in [4.78, 5) is 0. The minimum atomic E-state index is -0.414. The van der Waals surface area contributed by atoms with E-state index in [-0.39, 0.29) is 11.1 Å². The topological polar surface area (TPSA) is 33.0 Å². The molecule has 128 valence electrons. The molecule has 0 bridgehead atoms. The molecule has 0 amide bonds. The molecule has 0 heterocycles. The largest absolute Gasteiger partial charge is 0.489 e. The molecular formula is C22H15ClFNO. The summed E-state index contributed by atoms with van der Waals surface area (Å²) < 4.78 is 19.6. The van der Waals surface area contributed by atoms with Crippen LogP contribution in [0.5, 0.6) is 5.75 Å². The molecule has 26 heavy (non-hydrogen) atoms. The van der Waals surface area contributed by atoms with Crippen molar-refractivity contribution in [3.63, 3.8) is 0 Å². The Labute approximate surface area is 156 Å². The molecule has 0 aliphatic carbocycles. The van der Waals surface area contributed by atoms with Gasteiger partial charge in [0, 0.05) is 10.6 Å². The summed E-state index contributed by atoms with van der Waals surface area (Å²) in [5.41, 5.74) is 2.38. The number of nitrogens with zero attached hydrogens (tertiary/aromatic N) is 1. The molecule has 0 saturated heterocycles. The van der Waals surface area contributed by atoms with Crippen LogP contribution in [0.25, 0.3) is 11.6 Å². The van der Waals surface area contributed by atoms with Crippen LogP contribution in [0.3, 0.4) is 0 Å². The molecule has 0 saturated carbocycles. The van der Waals surface area contributed by atoms with Crippen molar-refractivity contribution in [3.8, 4) is 11.8 Å². The molecule has 0 unspecified atom stereocenters. The van der Waals surface area contributed by atoms with Crippen LogP contribution in [0.1, 0.15) is 16.7 Å². The molecule has 0 fully saturated rings. The molecule has 0 aliphatic heterocycles. The van der Waals surface area contributed by atoms with E-state index in [4.69, 9.17) is 16.3 Å². The van der Waals surface area contributed by atoms with Gasteiger partial charge in [0.2, 0.25) is 0 Å². The molecule has 3 rings (SSSR count).